The molecule has 14 heavy (non-hydrogen) atoms. The summed E-state index contributed by atoms with van der Waals surface area (Å²) >= 11 is 0. The van der Waals surface area contributed by atoms with Gasteiger partial charge in [-0.15, -0.1) is 0 Å². The van der Waals surface area contributed by atoms with E-state index in [2.05, 4.69) is 4.98 Å². The lowest BCUT2D eigenvalue weighted by molar-refractivity contribution is 0.0859. The zero-order valence-electron chi connectivity index (χ0n) is 8.53. The number of nitrogens with one attached hydrogen (secondary N) is 1. The summed E-state index contributed by atoms with van der Waals surface area (Å²) in [6.07, 6.45) is 1.52. The van der Waals surface area contributed by atoms with Gasteiger partial charge in [-0.2, -0.15) is 0 Å². The molecule has 76 valence electrons. The third kappa shape index (κ3) is 2.05. The van der Waals surface area contributed by atoms with Gasteiger partial charge in [0.15, 0.2) is 5.78 Å². The molecule has 0 spiro atoms. The summed E-state index contributed by atoms with van der Waals surface area (Å²) in [5.41, 5.74) is -0.0244. The van der Waals surface area contributed by atoms with Crippen LogP contribution in [0.1, 0.15) is 31.1 Å². The van der Waals surface area contributed by atoms with Crippen molar-refractivity contribution in [3.05, 3.63) is 17.8 Å². The summed E-state index contributed by atoms with van der Waals surface area (Å²) in [6.45, 7) is 5.36. The lowest BCUT2D eigenvalue weighted by atomic mass is 9.77. The quantitative estimate of drug-likeness (QED) is 0.456. The van der Waals surface area contributed by atoms with Gasteiger partial charge < -0.3 is 15.0 Å². The predicted octanol–water partition coefficient (Wildman–Crippen LogP) is -0.0767. The number of ketones is 1. The predicted molar refractivity (Wildman–Crippen MR) is 54.4 cm³/mol. The van der Waals surface area contributed by atoms with E-state index in [0.29, 0.717) is 5.56 Å². The largest absolute Gasteiger partial charge is 0.506 e. The number of aromatic amines is 1. The maximum atomic E-state index is 11.8. The molecule has 5 heteroatoms. The van der Waals surface area contributed by atoms with Crippen LogP contribution in [0.4, 0.5) is 0 Å². The molecule has 0 atom stereocenters. The maximum absolute atomic E-state index is 11.8. The second kappa shape index (κ2) is 3.59. The number of hydrogen-bond donors (Lipinski definition) is 3. The fourth-order valence-corrected chi connectivity index (χ4v) is 1.20. The molecule has 0 bridgehead atoms. The lowest BCUT2D eigenvalue weighted by Crippen LogP contribution is -2.37. The van der Waals surface area contributed by atoms with E-state index in [1.807, 2.05) is 0 Å². The minimum absolute atomic E-state index is 0.109. The highest BCUT2D eigenvalue weighted by atomic mass is 16.4. The molecule has 1 rings (SSSR count). The maximum Gasteiger partial charge on any atom is 0.506 e. The van der Waals surface area contributed by atoms with Gasteiger partial charge in [0, 0.05) is 17.2 Å². The molecule has 0 amide bonds. The Morgan fingerprint density at radius 2 is 2.00 bits per heavy atom. The first kappa shape index (κ1) is 11.0. The number of carbonyl (C=O) groups is 1. The Balaban J connectivity index is 3.08. The third-order valence-corrected chi connectivity index (χ3v) is 1.96. The highest BCUT2D eigenvalue weighted by molar-refractivity contribution is 6.59. The van der Waals surface area contributed by atoms with Crippen LogP contribution in [0.3, 0.4) is 0 Å². The molecule has 3 N–H and O–H groups in total. The molecular weight excluding hydrogens is 181 g/mol. The summed E-state index contributed by atoms with van der Waals surface area (Å²) < 4.78 is 0. The van der Waals surface area contributed by atoms with Crippen molar-refractivity contribution in [2.24, 2.45) is 5.41 Å². The second-order valence-corrected chi connectivity index (χ2v) is 4.26. The molecule has 0 aliphatic rings. The molecule has 0 saturated carbocycles. The summed E-state index contributed by atoms with van der Waals surface area (Å²) in [5.74, 6) is -0.109. The number of aromatic nitrogens is 1. The fourth-order valence-electron chi connectivity index (χ4n) is 1.20. The van der Waals surface area contributed by atoms with E-state index in [9.17, 15) is 4.79 Å². The molecule has 0 radical (unpaired) electrons. The van der Waals surface area contributed by atoms with Gasteiger partial charge in [-0.05, 0) is 6.07 Å². The van der Waals surface area contributed by atoms with E-state index in [-0.39, 0.29) is 11.4 Å². The van der Waals surface area contributed by atoms with Crippen molar-refractivity contribution in [3.8, 4) is 0 Å². The normalized spacial score (nSPS) is 11.5. The molecule has 0 aliphatic carbocycles. The molecule has 0 fully saturated rings. The van der Waals surface area contributed by atoms with Crippen molar-refractivity contribution in [3.63, 3.8) is 0 Å². The average molecular weight is 195 g/mol. The molecule has 4 nitrogen and oxygen atoms in total. The Bertz CT molecular complexity index is 338. The van der Waals surface area contributed by atoms with E-state index in [1.165, 1.54) is 6.20 Å². The fraction of sp³-hybridized carbons (Fsp3) is 0.444. The molecule has 1 heterocycles. The van der Waals surface area contributed by atoms with Crippen LogP contribution in [0.5, 0.6) is 0 Å². The Kier molecular flexibility index (Phi) is 2.82. The van der Waals surface area contributed by atoms with Crippen LogP contribution in [-0.4, -0.2) is 27.9 Å². The summed E-state index contributed by atoms with van der Waals surface area (Å²) in [6, 6.07) is 1.56. The average Bonchev–Trinajstić information content (AvgIpc) is 2.48. The minimum atomic E-state index is -1.63. The third-order valence-electron chi connectivity index (χ3n) is 1.96. The molecule has 0 aliphatic heterocycles. The second-order valence-electron chi connectivity index (χ2n) is 4.26. The standard InChI is InChI=1S/C9H14BNO3/c1-9(2,3)7(12)6-4-5-11-8(6)10(13)14/h4-5,11,13-14H,1-3H3. The van der Waals surface area contributed by atoms with E-state index in [0.717, 1.165) is 0 Å². The Morgan fingerprint density at radius 1 is 1.43 bits per heavy atom. The van der Waals surface area contributed by atoms with Gasteiger partial charge in [-0.3, -0.25) is 4.79 Å². The van der Waals surface area contributed by atoms with Crippen molar-refractivity contribution >= 4 is 18.5 Å². The van der Waals surface area contributed by atoms with Crippen LogP contribution in [0, 0.1) is 5.41 Å². The van der Waals surface area contributed by atoms with Gasteiger partial charge in [0.25, 0.3) is 0 Å². The Morgan fingerprint density at radius 3 is 2.43 bits per heavy atom. The van der Waals surface area contributed by atoms with Crippen LogP contribution in [0.15, 0.2) is 12.3 Å². The number of Topliss-reactive ketones (excluding diaryl/α,β-unsaturated/α-hetero) is 1. The Hall–Kier alpha value is -1.07. The van der Waals surface area contributed by atoms with Crippen molar-refractivity contribution in [1.82, 2.24) is 4.98 Å². The number of hydrogen-bond acceptors (Lipinski definition) is 3. The van der Waals surface area contributed by atoms with Crippen LogP contribution < -0.4 is 5.59 Å². The molecular formula is C9H14BNO3. The minimum Gasteiger partial charge on any atom is -0.422 e. The van der Waals surface area contributed by atoms with Crippen LogP contribution >= 0.6 is 0 Å². The van der Waals surface area contributed by atoms with Crippen molar-refractivity contribution < 1.29 is 14.8 Å². The smallest absolute Gasteiger partial charge is 0.422 e. The summed E-state index contributed by atoms with van der Waals surface area (Å²) in [7, 11) is -1.63. The zero-order chi connectivity index (χ0) is 10.9. The summed E-state index contributed by atoms with van der Waals surface area (Å²) in [5, 5.41) is 18.0. The van der Waals surface area contributed by atoms with E-state index in [1.54, 1.807) is 26.8 Å². The van der Waals surface area contributed by atoms with E-state index >= 15 is 0 Å². The molecule has 1 aromatic rings. The lowest BCUT2D eigenvalue weighted by Gasteiger charge is -2.16. The molecule has 0 unspecified atom stereocenters. The van der Waals surface area contributed by atoms with Crippen molar-refractivity contribution in [2.45, 2.75) is 20.8 Å². The van der Waals surface area contributed by atoms with Gasteiger partial charge in [0.05, 0.1) is 5.59 Å². The monoisotopic (exact) mass is 195 g/mol. The SMILES string of the molecule is CC(C)(C)C(=O)c1cc[nH]c1B(O)O. The van der Waals surface area contributed by atoms with Gasteiger partial charge in [0.2, 0.25) is 0 Å². The van der Waals surface area contributed by atoms with Gasteiger partial charge >= 0.3 is 7.12 Å². The first-order valence-electron chi connectivity index (χ1n) is 4.42. The number of rotatable bonds is 2. The molecule has 0 aromatic carbocycles. The molecule has 1 aromatic heterocycles. The van der Waals surface area contributed by atoms with Gasteiger partial charge in [-0.25, -0.2) is 0 Å². The first-order valence-corrected chi connectivity index (χ1v) is 4.42. The van der Waals surface area contributed by atoms with Gasteiger partial charge in [-0.1, -0.05) is 20.8 Å². The van der Waals surface area contributed by atoms with Crippen LogP contribution in [0.2, 0.25) is 0 Å². The highest BCUT2D eigenvalue weighted by Crippen LogP contribution is 2.19. The summed E-state index contributed by atoms with van der Waals surface area (Å²) in [4.78, 5) is 14.4. The zero-order valence-corrected chi connectivity index (χ0v) is 8.53. The van der Waals surface area contributed by atoms with Crippen LogP contribution in [0.25, 0.3) is 0 Å². The molecule has 0 saturated heterocycles. The van der Waals surface area contributed by atoms with Crippen molar-refractivity contribution in [2.75, 3.05) is 0 Å². The van der Waals surface area contributed by atoms with E-state index in [4.69, 9.17) is 10.0 Å². The number of H-pyrrole nitrogens is 1. The van der Waals surface area contributed by atoms with Crippen molar-refractivity contribution in [1.29, 1.82) is 0 Å². The van der Waals surface area contributed by atoms with Crippen LogP contribution in [-0.2, 0) is 0 Å². The van der Waals surface area contributed by atoms with E-state index < -0.39 is 12.5 Å². The Labute approximate surface area is 83.1 Å². The highest BCUT2D eigenvalue weighted by Gasteiger charge is 2.29. The topological polar surface area (TPSA) is 73.3 Å². The first-order chi connectivity index (χ1) is 6.34. The number of carbonyl (C=O) groups excluding carboxylic acids is 1. The van der Waals surface area contributed by atoms with Gasteiger partial charge in [0.1, 0.15) is 0 Å².